The van der Waals surface area contributed by atoms with Gasteiger partial charge in [-0.2, -0.15) is 30.4 Å². The standard InChI is InChI=1S/C4H4F6O4S/c1-14-4(9,10)2(5,3(6,7)8)15(11,12)13/h1H3,(H,11,12,13). The second-order valence-corrected chi connectivity index (χ2v) is 3.80. The van der Waals surface area contributed by atoms with E-state index in [9.17, 15) is 34.8 Å². The Morgan fingerprint density at radius 2 is 1.40 bits per heavy atom. The Labute approximate surface area is 79.6 Å². The van der Waals surface area contributed by atoms with Crippen LogP contribution >= 0.6 is 0 Å². The van der Waals surface area contributed by atoms with E-state index < -0.39 is 27.4 Å². The molecule has 0 aromatic rings. The van der Waals surface area contributed by atoms with Crippen molar-refractivity contribution in [2.24, 2.45) is 0 Å². The molecule has 0 saturated heterocycles. The highest BCUT2D eigenvalue weighted by molar-refractivity contribution is 7.87. The maximum Gasteiger partial charge on any atom is 0.449 e. The van der Waals surface area contributed by atoms with Crippen LogP contribution in [0.25, 0.3) is 0 Å². The lowest BCUT2D eigenvalue weighted by atomic mass is 10.3. The second-order valence-electron chi connectivity index (χ2n) is 2.29. The van der Waals surface area contributed by atoms with Gasteiger partial charge in [0.05, 0.1) is 0 Å². The Bertz CT molecular complexity index is 334. The Kier molecular flexibility index (Phi) is 3.36. The van der Waals surface area contributed by atoms with Gasteiger partial charge in [-0.15, -0.1) is 0 Å². The maximum atomic E-state index is 12.7. The van der Waals surface area contributed by atoms with Gasteiger partial charge in [0.2, 0.25) is 0 Å². The van der Waals surface area contributed by atoms with Crippen LogP contribution in [-0.4, -0.2) is 37.4 Å². The molecule has 1 atom stereocenters. The van der Waals surface area contributed by atoms with E-state index in [1.54, 1.807) is 0 Å². The number of ether oxygens (including phenoxy) is 1. The molecule has 92 valence electrons. The summed E-state index contributed by atoms with van der Waals surface area (Å²) in [7, 11) is -6.81. The molecule has 0 fully saturated rings. The van der Waals surface area contributed by atoms with Gasteiger partial charge in [-0.1, -0.05) is 0 Å². The summed E-state index contributed by atoms with van der Waals surface area (Å²) in [4.78, 5) is 0. The summed E-state index contributed by atoms with van der Waals surface area (Å²) in [6.45, 7) is 0. The molecule has 0 aromatic carbocycles. The van der Waals surface area contributed by atoms with Gasteiger partial charge in [0.1, 0.15) is 0 Å². The third-order valence-electron chi connectivity index (χ3n) is 1.35. The molecule has 1 N–H and O–H groups in total. The fourth-order valence-corrected chi connectivity index (χ4v) is 1.27. The smallest absolute Gasteiger partial charge is 0.320 e. The van der Waals surface area contributed by atoms with E-state index in [-0.39, 0.29) is 7.11 Å². The van der Waals surface area contributed by atoms with E-state index in [4.69, 9.17) is 4.55 Å². The predicted molar refractivity (Wildman–Crippen MR) is 33.4 cm³/mol. The minimum absolute atomic E-state index is 0.0503. The first kappa shape index (κ1) is 14.5. The molecule has 0 rings (SSSR count). The van der Waals surface area contributed by atoms with E-state index in [0.29, 0.717) is 0 Å². The summed E-state index contributed by atoms with van der Waals surface area (Å²) in [5, 5.41) is -6.21. The molecule has 4 nitrogen and oxygen atoms in total. The van der Waals surface area contributed by atoms with Gasteiger partial charge in [0.15, 0.2) is 0 Å². The number of rotatable bonds is 3. The van der Waals surface area contributed by atoms with Crippen molar-refractivity contribution < 1.29 is 44.0 Å². The van der Waals surface area contributed by atoms with Crippen molar-refractivity contribution in [3.63, 3.8) is 0 Å². The van der Waals surface area contributed by atoms with Gasteiger partial charge in [-0.3, -0.25) is 4.55 Å². The quantitative estimate of drug-likeness (QED) is 0.615. The van der Waals surface area contributed by atoms with E-state index in [1.807, 2.05) is 0 Å². The van der Waals surface area contributed by atoms with E-state index >= 15 is 0 Å². The van der Waals surface area contributed by atoms with Crippen molar-refractivity contribution in [1.29, 1.82) is 0 Å². The van der Waals surface area contributed by atoms with Gasteiger partial charge in [0.25, 0.3) is 0 Å². The minimum Gasteiger partial charge on any atom is -0.320 e. The summed E-state index contributed by atoms with van der Waals surface area (Å²) in [6, 6.07) is 0. The maximum absolute atomic E-state index is 12.7. The number of methoxy groups -OCH3 is 1. The zero-order valence-corrected chi connectivity index (χ0v) is 7.66. The van der Waals surface area contributed by atoms with Crippen LogP contribution in [0.1, 0.15) is 0 Å². The molecule has 0 aliphatic heterocycles. The molecule has 1 unspecified atom stereocenters. The molecule has 0 heterocycles. The third kappa shape index (κ3) is 2.03. The van der Waals surface area contributed by atoms with Crippen LogP contribution < -0.4 is 0 Å². The van der Waals surface area contributed by atoms with Crippen LogP contribution in [0, 0.1) is 0 Å². The zero-order valence-electron chi connectivity index (χ0n) is 6.85. The highest BCUT2D eigenvalue weighted by Crippen LogP contribution is 2.48. The average Bonchev–Trinajstić information content (AvgIpc) is 1.98. The Balaban J connectivity index is 5.88. The molecular formula is C4H4F6O4S. The van der Waals surface area contributed by atoms with Crippen LogP contribution in [0.3, 0.4) is 0 Å². The van der Waals surface area contributed by atoms with Crippen LogP contribution in [0.5, 0.6) is 0 Å². The van der Waals surface area contributed by atoms with Crippen molar-refractivity contribution in [3.05, 3.63) is 0 Å². The van der Waals surface area contributed by atoms with Crippen LogP contribution in [-0.2, 0) is 14.9 Å². The van der Waals surface area contributed by atoms with Crippen molar-refractivity contribution in [1.82, 2.24) is 0 Å². The predicted octanol–water partition coefficient (Wildman–Crippen LogP) is 1.34. The molecule has 0 radical (unpaired) electrons. The fraction of sp³-hybridized carbons (Fsp3) is 1.00. The van der Waals surface area contributed by atoms with Crippen molar-refractivity contribution >= 4 is 10.1 Å². The van der Waals surface area contributed by atoms with Crippen molar-refractivity contribution in [2.75, 3.05) is 7.11 Å². The minimum atomic E-state index is -6.76. The fourth-order valence-electron chi connectivity index (χ4n) is 0.593. The molecule has 0 aromatic heterocycles. The van der Waals surface area contributed by atoms with Crippen LogP contribution in [0.2, 0.25) is 0 Å². The molecule has 0 bridgehead atoms. The monoisotopic (exact) mass is 262 g/mol. The molecule has 11 heteroatoms. The van der Waals surface area contributed by atoms with Crippen molar-refractivity contribution in [2.45, 2.75) is 17.3 Å². The summed E-state index contributed by atoms with van der Waals surface area (Å²) >= 11 is 0. The van der Waals surface area contributed by atoms with Crippen LogP contribution in [0.15, 0.2) is 0 Å². The van der Waals surface area contributed by atoms with E-state index in [0.717, 1.165) is 0 Å². The zero-order chi connectivity index (χ0) is 12.7. The first-order chi connectivity index (χ1) is 6.31. The number of hydrogen-bond acceptors (Lipinski definition) is 3. The SMILES string of the molecule is COC(F)(F)C(F)(C(F)(F)F)S(=O)(=O)O. The largest absolute Gasteiger partial charge is 0.449 e. The normalized spacial score (nSPS) is 18.7. The highest BCUT2D eigenvalue weighted by Gasteiger charge is 2.80. The Morgan fingerprint density at radius 3 is 1.47 bits per heavy atom. The molecule has 0 aliphatic rings. The molecule has 0 spiro atoms. The van der Waals surface area contributed by atoms with Gasteiger partial charge >= 0.3 is 27.4 Å². The average molecular weight is 262 g/mol. The second kappa shape index (κ2) is 3.49. The topological polar surface area (TPSA) is 63.6 Å². The lowest BCUT2D eigenvalue weighted by molar-refractivity contribution is -0.346. The molecular weight excluding hydrogens is 258 g/mol. The van der Waals surface area contributed by atoms with Gasteiger partial charge in [-0.05, 0) is 0 Å². The summed E-state index contributed by atoms with van der Waals surface area (Å²) in [5.74, 6) is 0. The number of alkyl halides is 6. The van der Waals surface area contributed by atoms with Gasteiger partial charge in [0, 0.05) is 7.11 Å². The number of hydrogen-bond donors (Lipinski definition) is 1. The molecule has 0 saturated carbocycles. The van der Waals surface area contributed by atoms with Gasteiger partial charge in [-0.25, -0.2) is 4.39 Å². The summed E-state index contributed by atoms with van der Waals surface area (Å²) in [6.07, 6.45) is -12.3. The molecule has 15 heavy (non-hydrogen) atoms. The van der Waals surface area contributed by atoms with E-state index in [1.165, 1.54) is 0 Å². The first-order valence-corrected chi connectivity index (χ1v) is 4.41. The third-order valence-corrected chi connectivity index (χ3v) is 2.53. The lowest BCUT2D eigenvalue weighted by Gasteiger charge is -2.30. The Hall–Kier alpha value is -0.550. The van der Waals surface area contributed by atoms with Crippen molar-refractivity contribution in [3.8, 4) is 0 Å². The molecule has 0 amide bonds. The lowest BCUT2D eigenvalue weighted by Crippen LogP contribution is -2.61. The number of halogens is 6. The first-order valence-electron chi connectivity index (χ1n) is 2.97. The Morgan fingerprint density at radius 1 is 1.07 bits per heavy atom. The molecule has 0 aliphatic carbocycles. The van der Waals surface area contributed by atoms with Gasteiger partial charge < -0.3 is 4.74 Å². The summed E-state index contributed by atoms with van der Waals surface area (Å²) in [5.41, 5.74) is 0. The summed E-state index contributed by atoms with van der Waals surface area (Å²) < 4.78 is 104. The highest BCUT2D eigenvalue weighted by atomic mass is 32.2. The van der Waals surface area contributed by atoms with Crippen LogP contribution in [0.4, 0.5) is 26.3 Å². The van der Waals surface area contributed by atoms with E-state index in [2.05, 4.69) is 4.74 Å².